The van der Waals surface area contributed by atoms with Gasteiger partial charge in [0, 0.05) is 33.8 Å². The summed E-state index contributed by atoms with van der Waals surface area (Å²) in [5.74, 6) is 0.169. The van der Waals surface area contributed by atoms with Crippen LogP contribution in [0.15, 0.2) is 60.3 Å². The van der Waals surface area contributed by atoms with Gasteiger partial charge in [0.2, 0.25) is 0 Å². The molecule has 0 amide bonds. The Morgan fingerprint density at radius 2 is 1.76 bits per heavy atom. The molecule has 1 aliphatic carbocycles. The number of allylic oxidation sites excluding steroid dienone is 1. The average Bonchev–Trinajstić information content (AvgIpc) is 2.94. The first-order valence-corrected chi connectivity index (χ1v) is 7.22. The van der Waals surface area contributed by atoms with E-state index in [2.05, 4.69) is 23.2 Å². The number of para-hydroxylation sites is 1. The monoisotopic (exact) mass is 273 g/mol. The van der Waals surface area contributed by atoms with Crippen LogP contribution in [-0.2, 0) is 6.42 Å². The van der Waals surface area contributed by atoms with Crippen molar-refractivity contribution in [2.75, 3.05) is 0 Å². The minimum atomic E-state index is 0.169. The van der Waals surface area contributed by atoms with Crippen molar-refractivity contribution in [2.45, 2.75) is 12.8 Å². The van der Waals surface area contributed by atoms with Crippen molar-refractivity contribution in [1.82, 2.24) is 4.98 Å². The second-order valence-electron chi connectivity index (χ2n) is 5.45. The third kappa shape index (κ3) is 2.00. The van der Waals surface area contributed by atoms with Crippen LogP contribution >= 0.6 is 0 Å². The van der Waals surface area contributed by atoms with Crippen molar-refractivity contribution in [2.24, 2.45) is 0 Å². The summed E-state index contributed by atoms with van der Waals surface area (Å²) in [5, 5.41) is 1.16. The Labute approximate surface area is 123 Å². The molecule has 1 N–H and O–H groups in total. The summed E-state index contributed by atoms with van der Waals surface area (Å²) in [6.45, 7) is 0. The van der Waals surface area contributed by atoms with Crippen molar-refractivity contribution in [3.05, 3.63) is 77.0 Å². The van der Waals surface area contributed by atoms with E-state index in [-0.39, 0.29) is 5.78 Å². The molecule has 2 heteroatoms. The predicted molar refractivity (Wildman–Crippen MR) is 85.4 cm³/mol. The van der Waals surface area contributed by atoms with Crippen LogP contribution in [0.1, 0.15) is 27.9 Å². The molecular formula is C19H15NO. The Morgan fingerprint density at radius 1 is 0.952 bits per heavy atom. The Kier molecular flexibility index (Phi) is 2.74. The highest BCUT2D eigenvalue weighted by atomic mass is 16.1. The number of aromatic nitrogens is 1. The van der Waals surface area contributed by atoms with Crippen molar-refractivity contribution >= 4 is 22.8 Å². The molecule has 21 heavy (non-hydrogen) atoms. The van der Waals surface area contributed by atoms with E-state index >= 15 is 0 Å². The molecule has 1 aliphatic rings. The molecule has 0 saturated carbocycles. The van der Waals surface area contributed by atoms with E-state index in [9.17, 15) is 4.79 Å². The lowest BCUT2D eigenvalue weighted by molar-refractivity contribution is 0.102. The molecule has 1 heterocycles. The van der Waals surface area contributed by atoms with Crippen LogP contribution in [-0.4, -0.2) is 10.8 Å². The fourth-order valence-electron chi connectivity index (χ4n) is 3.05. The molecule has 0 radical (unpaired) electrons. The summed E-state index contributed by atoms with van der Waals surface area (Å²) < 4.78 is 0. The number of ketones is 1. The fraction of sp³-hybridized carbons (Fsp3) is 0.105. The van der Waals surface area contributed by atoms with Crippen LogP contribution in [0.2, 0.25) is 0 Å². The highest BCUT2D eigenvalue weighted by Gasteiger charge is 2.21. The van der Waals surface area contributed by atoms with Gasteiger partial charge in [-0.15, -0.1) is 0 Å². The van der Waals surface area contributed by atoms with E-state index in [0.717, 1.165) is 40.4 Å². The highest BCUT2D eigenvalue weighted by molar-refractivity contribution is 6.13. The number of rotatable bonds is 1. The van der Waals surface area contributed by atoms with Gasteiger partial charge < -0.3 is 4.98 Å². The van der Waals surface area contributed by atoms with E-state index in [0.29, 0.717) is 0 Å². The molecule has 3 aromatic rings. The zero-order chi connectivity index (χ0) is 14.2. The SMILES string of the molecule is O=C1/C(=C/c2c[nH]c3ccccc23)CCc2ccccc21. The molecule has 0 spiro atoms. The van der Waals surface area contributed by atoms with Gasteiger partial charge in [-0.3, -0.25) is 4.79 Å². The zero-order valence-corrected chi connectivity index (χ0v) is 11.6. The van der Waals surface area contributed by atoms with Gasteiger partial charge in [0.05, 0.1) is 0 Å². The first-order valence-electron chi connectivity index (χ1n) is 7.22. The number of Topliss-reactive ketones (excluding diaryl/α,β-unsaturated/α-hetero) is 1. The van der Waals surface area contributed by atoms with Crippen LogP contribution in [0.3, 0.4) is 0 Å². The van der Waals surface area contributed by atoms with E-state index < -0.39 is 0 Å². The molecule has 1 aromatic heterocycles. The molecule has 4 rings (SSSR count). The van der Waals surface area contributed by atoms with Gasteiger partial charge in [0.15, 0.2) is 5.78 Å². The third-order valence-electron chi connectivity index (χ3n) is 4.17. The first kappa shape index (κ1) is 12.2. The molecule has 0 atom stereocenters. The second-order valence-corrected chi connectivity index (χ2v) is 5.45. The lowest BCUT2D eigenvalue weighted by atomic mass is 9.86. The predicted octanol–water partition coefficient (Wildman–Crippen LogP) is 4.38. The van der Waals surface area contributed by atoms with Gasteiger partial charge >= 0.3 is 0 Å². The van der Waals surface area contributed by atoms with Gasteiger partial charge in [-0.1, -0.05) is 42.5 Å². The number of benzene rings is 2. The Balaban J connectivity index is 1.79. The maximum atomic E-state index is 12.6. The Hall–Kier alpha value is -2.61. The molecular weight excluding hydrogens is 258 g/mol. The van der Waals surface area contributed by atoms with Crippen LogP contribution in [0.25, 0.3) is 17.0 Å². The number of aromatic amines is 1. The minimum absolute atomic E-state index is 0.169. The molecule has 0 fully saturated rings. The van der Waals surface area contributed by atoms with Gasteiger partial charge in [0.1, 0.15) is 0 Å². The lowest BCUT2D eigenvalue weighted by Gasteiger charge is -2.17. The molecule has 0 saturated heterocycles. The number of carbonyl (C=O) groups excluding carboxylic acids is 1. The Morgan fingerprint density at radius 3 is 2.71 bits per heavy atom. The first-order chi connectivity index (χ1) is 10.3. The minimum Gasteiger partial charge on any atom is -0.361 e. The Bertz CT molecular complexity index is 870. The van der Waals surface area contributed by atoms with Crippen LogP contribution in [0, 0.1) is 0 Å². The number of carbonyl (C=O) groups is 1. The van der Waals surface area contributed by atoms with Crippen LogP contribution < -0.4 is 0 Å². The molecule has 2 nitrogen and oxygen atoms in total. The third-order valence-corrected chi connectivity index (χ3v) is 4.17. The zero-order valence-electron chi connectivity index (χ0n) is 11.6. The van der Waals surface area contributed by atoms with Crippen molar-refractivity contribution in [3.63, 3.8) is 0 Å². The summed E-state index contributed by atoms with van der Waals surface area (Å²) >= 11 is 0. The molecule has 102 valence electrons. The summed E-state index contributed by atoms with van der Waals surface area (Å²) in [7, 11) is 0. The molecule has 2 aromatic carbocycles. The maximum Gasteiger partial charge on any atom is 0.189 e. The van der Waals surface area contributed by atoms with E-state index in [1.54, 1.807) is 0 Å². The maximum absolute atomic E-state index is 12.6. The van der Waals surface area contributed by atoms with E-state index in [4.69, 9.17) is 0 Å². The summed E-state index contributed by atoms with van der Waals surface area (Å²) in [5.41, 5.74) is 5.12. The second kappa shape index (κ2) is 4.74. The number of fused-ring (bicyclic) bond motifs is 2. The smallest absolute Gasteiger partial charge is 0.189 e. The van der Waals surface area contributed by atoms with Gasteiger partial charge in [-0.2, -0.15) is 0 Å². The number of H-pyrrole nitrogens is 1. The molecule has 0 aliphatic heterocycles. The summed E-state index contributed by atoms with van der Waals surface area (Å²) in [4.78, 5) is 15.9. The number of hydrogen-bond acceptors (Lipinski definition) is 1. The normalized spacial score (nSPS) is 16.4. The van der Waals surface area contributed by atoms with Gasteiger partial charge in [0.25, 0.3) is 0 Å². The summed E-state index contributed by atoms with van der Waals surface area (Å²) in [6.07, 6.45) is 5.77. The quantitative estimate of drug-likeness (QED) is 0.656. The van der Waals surface area contributed by atoms with Crippen molar-refractivity contribution in [1.29, 1.82) is 0 Å². The van der Waals surface area contributed by atoms with Gasteiger partial charge in [-0.25, -0.2) is 0 Å². The molecule has 0 unspecified atom stereocenters. The van der Waals surface area contributed by atoms with Crippen LogP contribution in [0.5, 0.6) is 0 Å². The van der Waals surface area contributed by atoms with Gasteiger partial charge in [-0.05, 0) is 30.5 Å². The fourth-order valence-corrected chi connectivity index (χ4v) is 3.05. The standard InChI is InChI=1S/C19H15NO/c21-19-14(10-9-13-5-1-2-7-17(13)19)11-15-12-20-18-8-4-3-6-16(15)18/h1-8,11-12,20H,9-10H2/b14-11+. The number of aryl methyl sites for hydroxylation is 1. The van der Waals surface area contributed by atoms with E-state index in [1.807, 2.05) is 42.6 Å². The summed E-state index contributed by atoms with van der Waals surface area (Å²) in [6, 6.07) is 16.1. The topological polar surface area (TPSA) is 32.9 Å². The van der Waals surface area contributed by atoms with E-state index in [1.165, 1.54) is 5.56 Å². The largest absolute Gasteiger partial charge is 0.361 e. The number of hydrogen-bond donors (Lipinski definition) is 1. The van der Waals surface area contributed by atoms with Crippen LogP contribution in [0.4, 0.5) is 0 Å². The molecule has 0 bridgehead atoms. The number of nitrogens with one attached hydrogen (secondary N) is 1. The average molecular weight is 273 g/mol. The van der Waals surface area contributed by atoms with Crippen molar-refractivity contribution < 1.29 is 4.79 Å². The highest BCUT2D eigenvalue weighted by Crippen LogP contribution is 2.28. The lowest BCUT2D eigenvalue weighted by Crippen LogP contribution is -2.13. The van der Waals surface area contributed by atoms with Crippen molar-refractivity contribution in [3.8, 4) is 0 Å².